The van der Waals surface area contributed by atoms with Crippen LogP contribution in [0.3, 0.4) is 0 Å². The van der Waals surface area contributed by atoms with Crippen molar-refractivity contribution < 1.29 is 21.9 Å². The van der Waals surface area contributed by atoms with Gasteiger partial charge in [-0.25, -0.2) is 0 Å². The Hall–Kier alpha value is -1.76. The van der Waals surface area contributed by atoms with Crippen LogP contribution in [0.1, 0.15) is 28.8 Å². The first-order valence-electron chi connectivity index (χ1n) is 6.26. The Balaban J connectivity index is 1.91. The summed E-state index contributed by atoms with van der Waals surface area (Å²) in [6, 6.07) is 4.96. The standard InChI is InChI=1S/C13H12FNO4S/c14-20(18,19)10-6-13(17)15(7-10)9-2-3-11-8(5-9)1-4-12(11)16/h2-3,5,10H,1,4,6-7H2. The summed E-state index contributed by atoms with van der Waals surface area (Å²) in [5.41, 5.74) is 2.02. The smallest absolute Gasteiger partial charge is 0.307 e. The highest BCUT2D eigenvalue weighted by molar-refractivity contribution is 7.87. The number of Topliss-reactive ketones (excluding diaryl/α,β-unsaturated/α-hetero) is 1. The molecule has 1 aromatic rings. The zero-order valence-corrected chi connectivity index (χ0v) is 11.3. The number of nitrogens with zero attached hydrogens (tertiary/aromatic N) is 1. The second-order valence-electron chi connectivity index (χ2n) is 5.07. The van der Waals surface area contributed by atoms with E-state index in [1.54, 1.807) is 18.2 Å². The third-order valence-electron chi connectivity index (χ3n) is 3.81. The van der Waals surface area contributed by atoms with Gasteiger partial charge >= 0.3 is 10.2 Å². The highest BCUT2D eigenvalue weighted by Gasteiger charge is 2.39. The van der Waals surface area contributed by atoms with E-state index in [-0.39, 0.29) is 18.7 Å². The van der Waals surface area contributed by atoms with Gasteiger partial charge in [0.05, 0.1) is 0 Å². The maximum atomic E-state index is 13.0. The molecule has 1 aliphatic carbocycles. The van der Waals surface area contributed by atoms with Crippen LogP contribution in [-0.4, -0.2) is 31.9 Å². The highest BCUT2D eigenvalue weighted by Crippen LogP contribution is 2.30. The minimum absolute atomic E-state index is 0.0727. The molecule has 106 valence electrons. The van der Waals surface area contributed by atoms with Gasteiger partial charge in [0, 0.05) is 30.6 Å². The van der Waals surface area contributed by atoms with Gasteiger partial charge in [-0.05, 0) is 30.2 Å². The number of anilines is 1. The van der Waals surface area contributed by atoms with Gasteiger partial charge in [0.15, 0.2) is 5.78 Å². The molecule has 20 heavy (non-hydrogen) atoms. The minimum atomic E-state index is -4.71. The van der Waals surface area contributed by atoms with Crippen LogP contribution in [-0.2, 0) is 21.4 Å². The molecule has 7 heteroatoms. The first kappa shape index (κ1) is 13.2. The molecule has 1 saturated heterocycles. The molecule has 0 N–H and O–H groups in total. The summed E-state index contributed by atoms with van der Waals surface area (Å²) in [5.74, 6) is -0.344. The number of halogens is 1. The van der Waals surface area contributed by atoms with E-state index in [4.69, 9.17) is 0 Å². The number of carbonyl (C=O) groups excluding carboxylic acids is 2. The summed E-state index contributed by atoms with van der Waals surface area (Å²) < 4.78 is 34.8. The lowest BCUT2D eigenvalue weighted by molar-refractivity contribution is -0.117. The average Bonchev–Trinajstić information content (AvgIpc) is 2.93. The van der Waals surface area contributed by atoms with Crippen molar-refractivity contribution in [2.45, 2.75) is 24.5 Å². The van der Waals surface area contributed by atoms with Crippen LogP contribution in [0.4, 0.5) is 9.57 Å². The lowest BCUT2D eigenvalue weighted by Crippen LogP contribution is -2.27. The molecule has 3 rings (SSSR count). The molecule has 1 aliphatic heterocycles. The van der Waals surface area contributed by atoms with Crippen molar-refractivity contribution in [3.8, 4) is 0 Å². The Bertz CT molecular complexity index is 713. The first-order chi connectivity index (χ1) is 9.36. The number of hydrogen-bond acceptors (Lipinski definition) is 4. The number of carbonyl (C=O) groups is 2. The van der Waals surface area contributed by atoms with Crippen LogP contribution in [0.25, 0.3) is 0 Å². The maximum Gasteiger partial charge on any atom is 0.307 e. The largest absolute Gasteiger partial charge is 0.311 e. The minimum Gasteiger partial charge on any atom is -0.311 e. The highest BCUT2D eigenvalue weighted by atomic mass is 32.3. The van der Waals surface area contributed by atoms with E-state index in [0.717, 1.165) is 5.56 Å². The molecular weight excluding hydrogens is 285 g/mol. The number of aryl methyl sites for hydroxylation is 1. The second kappa shape index (κ2) is 4.37. The molecule has 5 nitrogen and oxygen atoms in total. The van der Waals surface area contributed by atoms with Gasteiger partial charge in [-0.15, -0.1) is 3.89 Å². The third kappa shape index (κ3) is 2.11. The second-order valence-corrected chi connectivity index (χ2v) is 6.69. The Kier molecular flexibility index (Phi) is 2.89. The predicted molar refractivity (Wildman–Crippen MR) is 69.9 cm³/mol. The lowest BCUT2D eigenvalue weighted by atomic mass is 10.1. The van der Waals surface area contributed by atoms with Crippen molar-refractivity contribution >= 4 is 27.6 Å². The lowest BCUT2D eigenvalue weighted by Gasteiger charge is -2.17. The van der Waals surface area contributed by atoms with Crippen molar-refractivity contribution in [2.24, 2.45) is 0 Å². The van der Waals surface area contributed by atoms with Gasteiger partial charge in [0.1, 0.15) is 5.25 Å². The fourth-order valence-corrected chi connectivity index (χ4v) is 3.39. The monoisotopic (exact) mass is 297 g/mol. The Morgan fingerprint density at radius 2 is 1.95 bits per heavy atom. The van der Waals surface area contributed by atoms with Crippen LogP contribution in [0.5, 0.6) is 0 Å². The van der Waals surface area contributed by atoms with Gasteiger partial charge in [0.2, 0.25) is 5.91 Å². The quantitative estimate of drug-likeness (QED) is 0.770. The zero-order valence-electron chi connectivity index (χ0n) is 10.5. The van der Waals surface area contributed by atoms with Crippen LogP contribution >= 0.6 is 0 Å². The molecule has 0 saturated carbocycles. The van der Waals surface area contributed by atoms with Crippen molar-refractivity contribution in [1.29, 1.82) is 0 Å². The summed E-state index contributed by atoms with van der Waals surface area (Å²) >= 11 is 0. The van der Waals surface area contributed by atoms with Crippen LogP contribution in [0, 0.1) is 0 Å². The van der Waals surface area contributed by atoms with Crippen LogP contribution in [0.15, 0.2) is 18.2 Å². The summed E-state index contributed by atoms with van der Waals surface area (Å²) in [7, 11) is -4.71. The molecule has 1 unspecified atom stereocenters. The normalized spacial score (nSPS) is 22.4. The molecule has 1 amide bonds. The van der Waals surface area contributed by atoms with Crippen molar-refractivity contribution in [3.63, 3.8) is 0 Å². The molecule has 0 bridgehead atoms. The van der Waals surface area contributed by atoms with Crippen LogP contribution < -0.4 is 4.90 Å². The number of benzene rings is 1. The zero-order chi connectivity index (χ0) is 14.5. The number of ketones is 1. The number of rotatable bonds is 2. The molecule has 0 radical (unpaired) electrons. The summed E-state index contributed by atoms with van der Waals surface area (Å²) in [5, 5.41) is -1.30. The first-order valence-corrected chi connectivity index (χ1v) is 7.71. The topological polar surface area (TPSA) is 71.5 Å². The summed E-state index contributed by atoms with van der Waals surface area (Å²) in [4.78, 5) is 24.6. The molecule has 1 atom stereocenters. The fourth-order valence-electron chi connectivity index (χ4n) is 2.72. The Morgan fingerprint density at radius 3 is 2.60 bits per heavy atom. The van der Waals surface area contributed by atoms with Crippen LogP contribution in [0.2, 0.25) is 0 Å². The SMILES string of the molecule is O=C1CCc2cc(N3CC(S(=O)(=O)F)CC3=O)ccc21. The molecule has 0 aromatic heterocycles. The van der Waals surface area contributed by atoms with Gasteiger partial charge in [-0.1, -0.05) is 0 Å². The molecule has 1 fully saturated rings. The Morgan fingerprint density at radius 1 is 1.20 bits per heavy atom. The summed E-state index contributed by atoms with van der Waals surface area (Å²) in [6.07, 6.45) is 0.734. The number of fused-ring (bicyclic) bond motifs is 1. The van der Waals surface area contributed by atoms with E-state index in [2.05, 4.69) is 0 Å². The van der Waals surface area contributed by atoms with Crippen molar-refractivity contribution in [2.75, 3.05) is 11.4 Å². The average molecular weight is 297 g/mol. The number of amides is 1. The van der Waals surface area contributed by atoms with E-state index < -0.39 is 21.4 Å². The molecule has 1 aromatic carbocycles. The van der Waals surface area contributed by atoms with E-state index in [0.29, 0.717) is 24.1 Å². The van der Waals surface area contributed by atoms with E-state index in [1.807, 2.05) is 0 Å². The van der Waals surface area contributed by atoms with E-state index in [9.17, 15) is 21.9 Å². The summed E-state index contributed by atoms with van der Waals surface area (Å²) in [6.45, 7) is -0.176. The molecule has 0 spiro atoms. The maximum absolute atomic E-state index is 13.0. The van der Waals surface area contributed by atoms with E-state index in [1.165, 1.54) is 4.90 Å². The van der Waals surface area contributed by atoms with Crippen molar-refractivity contribution in [1.82, 2.24) is 0 Å². The Labute approximate surface area is 115 Å². The predicted octanol–water partition coefficient (Wildman–Crippen LogP) is 1.22. The van der Waals surface area contributed by atoms with Gasteiger partial charge in [-0.3, -0.25) is 9.59 Å². The van der Waals surface area contributed by atoms with Gasteiger partial charge < -0.3 is 4.90 Å². The third-order valence-corrected chi connectivity index (χ3v) is 4.92. The van der Waals surface area contributed by atoms with Gasteiger partial charge in [0.25, 0.3) is 0 Å². The molecule has 1 heterocycles. The van der Waals surface area contributed by atoms with Gasteiger partial charge in [-0.2, -0.15) is 8.42 Å². The van der Waals surface area contributed by atoms with E-state index >= 15 is 0 Å². The number of hydrogen-bond donors (Lipinski definition) is 0. The molecular formula is C13H12FNO4S. The fraction of sp³-hybridized carbons (Fsp3) is 0.385. The molecule has 2 aliphatic rings. The van der Waals surface area contributed by atoms with Crippen molar-refractivity contribution in [3.05, 3.63) is 29.3 Å².